The van der Waals surface area contributed by atoms with Gasteiger partial charge in [0.25, 0.3) is 0 Å². The minimum Gasteiger partial charge on any atom is -0.290 e. The molecule has 0 aromatic carbocycles. The topological polar surface area (TPSA) is 42.5 Å². The van der Waals surface area contributed by atoms with Crippen molar-refractivity contribution in [1.29, 1.82) is 0 Å². The normalized spacial score (nSPS) is 16.1. The smallest absolute Gasteiger partial charge is 0.234 e. The van der Waals surface area contributed by atoms with Crippen molar-refractivity contribution in [3.63, 3.8) is 0 Å². The molecule has 70 valence electrons. The van der Waals surface area contributed by atoms with E-state index >= 15 is 0 Å². The van der Waals surface area contributed by atoms with Gasteiger partial charge in [-0.15, -0.1) is 11.8 Å². The fourth-order valence-electron chi connectivity index (χ4n) is 1.42. The van der Waals surface area contributed by atoms with Crippen LogP contribution in [-0.4, -0.2) is 31.7 Å². The van der Waals surface area contributed by atoms with Gasteiger partial charge in [0.2, 0.25) is 5.78 Å². The zero-order valence-corrected chi connectivity index (χ0v) is 8.24. The average Bonchev–Trinajstić information content (AvgIpc) is 2.86. The maximum Gasteiger partial charge on any atom is 0.234 e. The number of imidazole rings is 1. The van der Waals surface area contributed by atoms with Gasteiger partial charge in [-0.2, -0.15) is 0 Å². The molecule has 0 saturated carbocycles. The fourth-order valence-corrected chi connectivity index (χ4v) is 2.23. The van der Waals surface area contributed by atoms with E-state index in [-0.39, 0.29) is 0 Å². The first-order valence-electron chi connectivity index (χ1n) is 4.41. The van der Waals surface area contributed by atoms with Crippen molar-refractivity contribution in [2.45, 2.75) is 0 Å². The van der Waals surface area contributed by atoms with Crippen molar-refractivity contribution >= 4 is 22.6 Å². The molecule has 0 N–H and O–H groups in total. The predicted molar refractivity (Wildman–Crippen MR) is 56.8 cm³/mol. The van der Waals surface area contributed by atoms with Crippen molar-refractivity contribution in [1.82, 2.24) is 14.4 Å². The van der Waals surface area contributed by atoms with Crippen molar-refractivity contribution in [2.24, 2.45) is 4.99 Å². The lowest BCUT2D eigenvalue weighted by Gasteiger charge is -1.89. The molecule has 0 fully saturated rings. The van der Waals surface area contributed by atoms with Crippen LogP contribution in [0.1, 0.15) is 5.69 Å². The Bertz CT molecular complexity index is 469. The summed E-state index contributed by atoms with van der Waals surface area (Å²) in [4.78, 5) is 12.9. The Kier molecular flexibility index (Phi) is 1.77. The van der Waals surface area contributed by atoms with Crippen LogP contribution in [0.3, 0.4) is 0 Å². The summed E-state index contributed by atoms with van der Waals surface area (Å²) >= 11 is 1.76. The van der Waals surface area contributed by atoms with E-state index in [1.165, 1.54) is 0 Å². The highest BCUT2D eigenvalue weighted by Crippen LogP contribution is 2.18. The molecule has 0 radical (unpaired) electrons. The molecule has 14 heavy (non-hydrogen) atoms. The molecule has 0 unspecified atom stereocenters. The first-order chi connectivity index (χ1) is 6.93. The molecular formula is C9H8N4S. The molecule has 0 spiro atoms. The van der Waals surface area contributed by atoms with Crippen LogP contribution in [0.4, 0.5) is 0 Å². The van der Waals surface area contributed by atoms with Gasteiger partial charge in [0.05, 0.1) is 0 Å². The molecule has 5 heteroatoms. The molecule has 3 heterocycles. The van der Waals surface area contributed by atoms with Gasteiger partial charge in [0.15, 0.2) is 0 Å². The number of nitrogens with zero attached hydrogens (tertiary/aromatic N) is 4. The summed E-state index contributed by atoms with van der Waals surface area (Å²) in [5.74, 6) is 1.80. The van der Waals surface area contributed by atoms with E-state index < -0.39 is 0 Å². The number of hydrogen-bond acceptors (Lipinski definition) is 4. The van der Waals surface area contributed by atoms with E-state index in [0.29, 0.717) is 0 Å². The largest absolute Gasteiger partial charge is 0.290 e. The van der Waals surface area contributed by atoms with Crippen LogP contribution in [0.5, 0.6) is 0 Å². The highest BCUT2D eigenvalue weighted by atomic mass is 32.2. The zero-order chi connectivity index (χ0) is 9.38. The number of fused-ring (bicyclic) bond motifs is 1. The summed E-state index contributed by atoms with van der Waals surface area (Å²) in [5, 5.41) is 1.04. The summed E-state index contributed by atoms with van der Waals surface area (Å²) in [6.45, 7) is 0.904. The Labute approximate surface area is 85.1 Å². The molecule has 1 aliphatic heterocycles. The highest BCUT2D eigenvalue weighted by molar-refractivity contribution is 8.14. The molecule has 0 amide bonds. The summed E-state index contributed by atoms with van der Waals surface area (Å²) in [7, 11) is 0. The molecule has 3 rings (SSSR count). The monoisotopic (exact) mass is 204 g/mol. The van der Waals surface area contributed by atoms with Crippen LogP contribution < -0.4 is 0 Å². The second kappa shape index (κ2) is 3.09. The quantitative estimate of drug-likeness (QED) is 0.701. The van der Waals surface area contributed by atoms with E-state index in [0.717, 1.165) is 28.8 Å². The Hall–Kier alpha value is -1.36. The first-order valence-corrected chi connectivity index (χ1v) is 5.39. The molecular weight excluding hydrogens is 196 g/mol. The Morgan fingerprint density at radius 2 is 2.43 bits per heavy atom. The molecule has 0 atom stereocenters. The Balaban J connectivity index is 2.14. The average molecular weight is 204 g/mol. The van der Waals surface area contributed by atoms with E-state index in [9.17, 15) is 0 Å². The number of aromatic nitrogens is 3. The predicted octanol–water partition coefficient (Wildman–Crippen LogP) is 1.22. The van der Waals surface area contributed by atoms with Gasteiger partial charge in [-0.3, -0.25) is 9.39 Å². The van der Waals surface area contributed by atoms with Crippen molar-refractivity contribution in [3.05, 3.63) is 30.4 Å². The molecule has 2 aromatic heterocycles. The van der Waals surface area contributed by atoms with Gasteiger partial charge in [-0.05, 0) is 6.07 Å². The van der Waals surface area contributed by atoms with Gasteiger partial charge >= 0.3 is 0 Å². The maximum absolute atomic E-state index is 4.39. The summed E-state index contributed by atoms with van der Waals surface area (Å²) in [5.41, 5.74) is 0.936. The van der Waals surface area contributed by atoms with E-state index in [4.69, 9.17) is 0 Å². The third-order valence-corrected chi connectivity index (χ3v) is 3.04. The van der Waals surface area contributed by atoms with Crippen molar-refractivity contribution in [3.8, 4) is 0 Å². The Morgan fingerprint density at radius 3 is 3.21 bits per heavy atom. The summed E-state index contributed by atoms with van der Waals surface area (Å²) in [6, 6.07) is 1.89. The van der Waals surface area contributed by atoms with E-state index in [1.807, 2.05) is 22.9 Å². The van der Waals surface area contributed by atoms with Crippen LogP contribution in [0.2, 0.25) is 0 Å². The summed E-state index contributed by atoms with van der Waals surface area (Å²) < 4.78 is 1.91. The molecule has 0 bridgehead atoms. The minimum absolute atomic E-state index is 0.734. The second-order valence-electron chi connectivity index (χ2n) is 2.99. The zero-order valence-electron chi connectivity index (χ0n) is 7.42. The molecule has 0 saturated heterocycles. The second-order valence-corrected chi connectivity index (χ2v) is 4.07. The Morgan fingerprint density at radius 1 is 1.43 bits per heavy atom. The lowest BCUT2D eigenvalue weighted by atomic mass is 10.5. The first kappa shape index (κ1) is 7.99. The number of rotatable bonds is 1. The standard InChI is InChI=1S/C9H8N4S/c1-2-11-9-12-7(6-13(9)4-1)8-10-3-5-14-8/h1-2,4,6H,3,5H2. The maximum atomic E-state index is 4.39. The van der Waals surface area contributed by atoms with Crippen molar-refractivity contribution in [2.75, 3.05) is 12.3 Å². The molecule has 4 nitrogen and oxygen atoms in total. The summed E-state index contributed by atoms with van der Waals surface area (Å²) in [6.07, 6.45) is 5.66. The van der Waals surface area contributed by atoms with E-state index in [2.05, 4.69) is 15.0 Å². The lowest BCUT2D eigenvalue weighted by molar-refractivity contribution is 1.11. The third kappa shape index (κ3) is 1.21. The lowest BCUT2D eigenvalue weighted by Crippen LogP contribution is -1.90. The fraction of sp³-hybridized carbons (Fsp3) is 0.222. The minimum atomic E-state index is 0.734. The van der Waals surface area contributed by atoms with Crippen LogP contribution in [0.25, 0.3) is 5.78 Å². The van der Waals surface area contributed by atoms with Crippen LogP contribution >= 0.6 is 11.8 Å². The van der Waals surface area contributed by atoms with E-state index in [1.54, 1.807) is 18.0 Å². The van der Waals surface area contributed by atoms with Gasteiger partial charge in [-0.1, -0.05) is 0 Å². The van der Waals surface area contributed by atoms with Gasteiger partial charge in [-0.25, -0.2) is 9.97 Å². The van der Waals surface area contributed by atoms with Gasteiger partial charge in [0, 0.05) is 30.9 Å². The SMILES string of the molecule is c1cnc2nc(C3=NCCS3)cn2c1. The molecule has 0 aliphatic carbocycles. The van der Waals surface area contributed by atoms with Crippen molar-refractivity contribution < 1.29 is 0 Å². The number of thioether (sulfide) groups is 1. The highest BCUT2D eigenvalue weighted by Gasteiger charge is 2.13. The number of hydrogen-bond donors (Lipinski definition) is 0. The van der Waals surface area contributed by atoms with Crippen LogP contribution in [0.15, 0.2) is 29.6 Å². The molecule has 1 aliphatic rings. The van der Waals surface area contributed by atoms with Gasteiger partial charge in [0.1, 0.15) is 10.7 Å². The van der Waals surface area contributed by atoms with Crippen LogP contribution in [0, 0.1) is 0 Å². The van der Waals surface area contributed by atoms with Gasteiger partial charge < -0.3 is 0 Å². The third-order valence-electron chi connectivity index (χ3n) is 2.04. The van der Waals surface area contributed by atoms with Crippen LogP contribution in [-0.2, 0) is 0 Å². The number of aliphatic imine (C=N–C) groups is 1. The molecule has 2 aromatic rings.